The number of hydrogen-bond donors (Lipinski definition) is 1. The maximum absolute atomic E-state index is 12.6. The molecule has 130 valence electrons. The van der Waals surface area contributed by atoms with E-state index in [0.717, 1.165) is 32.0 Å². The minimum absolute atomic E-state index is 0.126. The minimum atomic E-state index is -0.126. The molecule has 0 bridgehead atoms. The Hall–Kier alpha value is -1.30. The van der Waals surface area contributed by atoms with Gasteiger partial charge in [-0.2, -0.15) is 0 Å². The van der Waals surface area contributed by atoms with Crippen molar-refractivity contribution >= 4 is 17.5 Å². The van der Waals surface area contributed by atoms with Gasteiger partial charge in [0.25, 0.3) is 5.91 Å². The number of carbonyl (C=O) groups is 1. The summed E-state index contributed by atoms with van der Waals surface area (Å²) in [4.78, 5) is 15.1. The Morgan fingerprint density at radius 3 is 2.96 bits per heavy atom. The average molecular weight is 351 g/mol. The molecule has 1 aromatic carbocycles. The van der Waals surface area contributed by atoms with Crippen LogP contribution in [0.5, 0.6) is 5.75 Å². The number of methoxy groups -OCH3 is 1. The normalized spacial score (nSPS) is 30.0. The number of hydrogen-bond acceptors (Lipinski definition) is 4. The highest BCUT2D eigenvalue weighted by molar-refractivity contribution is 6.31. The molecule has 1 aromatic rings. The van der Waals surface area contributed by atoms with E-state index in [1.54, 1.807) is 25.3 Å². The molecule has 0 aromatic heterocycles. The van der Waals surface area contributed by atoms with Crippen molar-refractivity contribution in [2.45, 2.75) is 37.5 Å². The summed E-state index contributed by atoms with van der Waals surface area (Å²) in [5.41, 5.74) is 0.488. The van der Waals surface area contributed by atoms with E-state index in [2.05, 4.69) is 10.2 Å². The van der Waals surface area contributed by atoms with Crippen molar-refractivity contribution in [1.82, 2.24) is 10.2 Å². The third-order valence-corrected chi connectivity index (χ3v) is 5.57. The Morgan fingerprint density at radius 1 is 1.38 bits per heavy atom. The number of nitrogens with zero attached hydrogens (tertiary/aromatic N) is 1. The van der Waals surface area contributed by atoms with E-state index < -0.39 is 0 Å². The van der Waals surface area contributed by atoms with Crippen molar-refractivity contribution in [3.05, 3.63) is 28.8 Å². The zero-order valence-electron chi connectivity index (χ0n) is 13.8. The largest absolute Gasteiger partial charge is 0.496 e. The predicted molar refractivity (Wildman–Crippen MR) is 91.7 cm³/mol. The Balaban J connectivity index is 1.39. The maximum Gasteiger partial charge on any atom is 0.255 e. The molecule has 2 saturated heterocycles. The van der Waals surface area contributed by atoms with E-state index in [-0.39, 0.29) is 11.9 Å². The van der Waals surface area contributed by atoms with Crippen molar-refractivity contribution in [2.24, 2.45) is 5.92 Å². The van der Waals surface area contributed by atoms with Gasteiger partial charge in [0.1, 0.15) is 5.75 Å². The van der Waals surface area contributed by atoms with Gasteiger partial charge in [-0.05, 0) is 43.4 Å². The van der Waals surface area contributed by atoms with Gasteiger partial charge in [-0.15, -0.1) is 0 Å². The smallest absolute Gasteiger partial charge is 0.255 e. The molecule has 4 rings (SSSR count). The lowest BCUT2D eigenvalue weighted by molar-refractivity contribution is -0.0581. The Bertz CT molecular complexity index is 635. The van der Waals surface area contributed by atoms with Crippen LogP contribution in [0.1, 0.15) is 29.6 Å². The number of carbonyl (C=O) groups excluding carboxylic acids is 1. The van der Waals surface area contributed by atoms with Crippen LogP contribution in [-0.2, 0) is 4.74 Å². The summed E-state index contributed by atoms with van der Waals surface area (Å²) in [6.45, 7) is 2.68. The molecule has 1 aliphatic carbocycles. The number of benzene rings is 1. The van der Waals surface area contributed by atoms with Crippen LogP contribution in [0.4, 0.5) is 0 Å². The van der Waals surface area contributed by atoms with Gasteiger partial charge < -0.3 is 14.8 Å². The first kappa shape index (κ1) is 16.2. The topological polar surface area (TPSA) is 50.8 Å². The molecule has 3 fully saturated rings. The summed E-state index contributed by atoms with van der Waals surface area (Å²) in [5, 5.41) is 3.67. The molecule has 0 spiro atoms. The number of rotatable bonds is 4. The van der Waals surface area contributed by atoms with Crippen LogP contribution in [0.3, 0.4) is 0 Å². The van der Waals surface area contributed by atoms with Gasteiger partial charge in [0.15, 0.2) is 0 Å². The van der Waals surface area contributed by atoms with Gasteiger partial charge >= 0.3 is 0 Å². The SMILES string of the molecule is COc1ccc(Cl)cc1C(=O)N[C@@H]1C[C@H]2CO[C@@H](C3CC3)CN2C1. The highest BCUT2D eigenvalue weighted by atomic mass is 35.5. The summed E-state index contributed by atoms with van der Waals surface area (Å²) in [6.07, 6.45) is 3.94. The van der Waals surface area contributed by atoms with Crippen LogP contribution in [0.2, 0.25) is 5.02 Å². The molecule has 2 heterocycles. The van der Waals surface area contributed by atoms with Crippen LogP contribution in [0, 0.1) is 5.92 Å². The number of halogens is 1. The van der Waals surface area contributed by atoms with Gasteiger partial charge in [0, 0.05) is 30.2 Å². The van der Waals surface area contributed by atoms with Crippen LogP contribution in [0.25, 0.3) is 0 Å². The molecule has 6 heteroatoms. The first-order valence-electron chi connectivity index (χ1n) is 8.64. The first-order valence-corrected chi connectivity index (χ1v) is 9.02. The molecule has 1 amide bonds. The molecule has 3 aliphatic rings. The molecule has 24 heavy (non-hydrogen) atoms. The molecule has 0 radical (unpaired) electrons. The number of morpholine rings is 1. The van der Waals surface area contributed by atoms with Gasteiger partial charge in [-0.25, -0.2) is 0 Å². The predicted octanol–water partition coefficient (Wildman–Crippen LogP) is 2.33. The van der Waals surface area contributed by atoms with Gasteiger partial charge in [0.2, 0.25) is 0 Å². The molecule has 2 aliphatic heterocycles. The van der Waals surface area contributed by atoms with E-state index in [1.807, 2.05) is 0 Å². The summed E-state index contributed by atoms with van der Waals surface area (Å²) < 4.78 is 11.3. The number of amides is 1. The molecule has 5 nitrogen and oxygen atoms in total. The average Bonchev–Trinajstić information content (AvgIpc) is 3.35. The maximum atomic E-state index is 12.6. The third kappa shape index (κ3) is 3.25. The zero-order chi connectivity index (χ0) is 16.7. The first-order chi connectivity index (χ1) is 11.6. The Labute approximate surface area is 147 Å². The lowest BCUT2D eigenvalue weighted by Crippen LogP contribution is -2.47. The fourth-order valence-electron chi connectivity index (χ4n) is 3.88. The van der Waals surface area contributed by atoms with E-state index in [1.165, 1.54) is 12.8 Å². The quantitative estimate of drug-likeness (QED) is 0.905. The standard InChI is InChI=1S/C18H23ClN2O3/c1-23-16-5-4-12(19)6-15(16)18(22)20-13-7-14-10-24-17(11-2-3-11)9-21(14)8-13/h4-6,11,13-14,17H,2-3,7-10H2,1H3,(H,20,22)/t13-,14+,17-/m1/s1. The van der Waals surface area contributed by atoms with Gasteiger partial charge in [0.05, 0.1) is 25.4 Å². The lowest BCUT2D eigenvalue weighted by atomic mass is 10.1. The second kappa shape index (κ2) is 6.54. The van der Waals surface area contributed by atoms with E-state index >= 15 is 0 Å². The second-order valence-corrected chi connectivity index (χ2v) is 7.50. The van der Waals surface area contributed by atoms with Crippen molar-refractivity contribution in [2.75, 3.05) is 26.8 Å². The number of fused-ring (bicyclic) bond motifs is 1. The highest BCUT2D eigenvalue weighted by Gasteiger charge is 2.42. The molecule has 3 atom stereocenters. The van der Waals surface area contributed by atoms with Crippen LogP contribution in [0.15, 0.2) is 18.2 Å². The van der Waals surface area contributed by atoms with E-state index in [0.29, 0.717) is 28.5 Å². The van der Waals surface area contributed by atoms with Crippen molar-refractivity contribution < 1.29 is 14.3 Å². The van der Waals surface area contributed by atoms with Crippen molar-refractivity contribution in [1.29, 1.82) is 0 Å². The molecular weight excluding hydrogens is 328 g/mol. The minimum Gasteiger partial charge on any atom is -0.496 e. The van der Waals surface area contributed by atoms with Crippen molar-refractivity contribution in [3.8, 4) is 5.75 Å². The second-order valence-electron chi connectivity index (χ2n) is 7.07. The summed E-state index contributed by atoms with van der Waals surface area (Å²) in [6, 6.07) is 5.68. The fourth-order valence-corrected chi connectivity index (χ4v) is 4.05. The fraction of sp³-hybridized carbons (Fsp3) is 0.611. The van der Waals surface area contributed by atoms with Crippen LogP contribution in [-0.4, -0.2) is 55.8 Å². The molecule has 0 unspecified atom stereocenters. The van der Waals surface area contributed by atoms with Crippen molar-refractivity contribution in [3.63, 3.8) is 0 Å². The van der Waals surface area contributed by atoms with E-state index in [9.17, 15) is 4.79 Å². The Kier molecular flexibility index (Phi) is 4.41. The summed E-state index contributed by atoms with van der Waals surface area (Å²) >= 11 is 6.03. The monoisotopic (exact) mass is 350 g/mol. The summed E-state index contributed by atoms with van der Waals surface area (Å²) in [5.74, 6) is 1.18. The molecule has 1 N–H and O–H groups in total. The zero-order valence-corrected chi connectivity index (χ0v) is 14.6. The van der Waals surface area contributed by atoms with Gasteiger partial charge in [-0.3, -0.25) is 9.69 Å². The van der Waals surface area contributed by atoms with Gasteiger partial charge in [-0.1, -0.05) is 11.6 Å². The summed E-state index contributed by atoms with van der Waals surface area (Å²) in [7, 11) is 1.56. The third-order valence-electron chi connectivity index (χ3n) is 5.33. The van der Waals surface area contributed by atoms with Crippen LogP contribution < -0.4 is 10.1 Å². The molecular formula is C18H23ClN2O3. The lowest BCUT2D eigenvalue weighted by Gasteiger charge is -2.35. The molecule has 1 saturated carbocycles. The Morgan fingerprint density at radius 2 is 2.21 bits per heavy atom. The van der Waals surface area contributed by atoms with E-state index in [4.69, 9.17) is 21.1 Å². The highest BCUT2D eigenvalue weighted by Crippen LogP contribution is 2.38. The number of nitrogens with one attached hydrogen (secondary N) is 1. The number of ether oxygens (including phenoxy) is 2. The van der Waals surface area contributed by atoms with Crippen LogP contribution >= 0.6 is 11.6 Å².